The van der Waals surface area contributed by atoms with Gasteiger partial charge in [0, 0.05) is 0 Å². The summed E-state index contributed by atoms with van der Waals surface area (Å²) in [4.78, 5) is 11.1. The number of hydrogen-bond donors (Lipinski definition) is 1. The number of benzene rings is 1. The van der Waals surface area contributed by atoms with E-state index in [4.69, 9.17) is 5.11 Å². The summed E-state index contributed by atoms with van der Waals surface area (Å²) in [5, 5.41) is 9.12. The van der Waals surface area contributed by atoms with Crippen molar-refractivity contribution < 1.29 is 9.90 Å². The predicted molar refractivity (Wildman–Crippen MR) is 74.6 cm³/mol. The van der Waals surface area contributed by atoms with Crippen LogP contribution >= 0.6 is 0 Å². The van der Waals surface area contributed by atoms with Crippen LogP contribution < -0.4 is 0 Å². The van der Waals surface area contributed by atoms with Gasteiger partial charge in [0.25, 0.3) is 0 Å². The van der Waals surface area contributed by atoms with Gasteiger partial charge in [0.1, 0.15) is 0 Å². The minimum absolute atomic E-state index is 0.138. The van der Waals surface area contributed by atoms with Crippen LogP contribution in [0.1, 0.15) is 51.0 Å². The van der Waals surface area contributed by atoms with E-state index in [1.54, 1.807) is 0 Å². The minimum Gasteiger partial charge on any atom is -0.481 e. The van der Waals surface area contributed by atoms with Crippen molar-refractivity contribution in [2.24, 2.45) is 5.92 Å². The quantitative estimate of drug-likeness (QED) is 0.662. The molecule has 0 saturated carbocycles. The maximum atomic E-state index is 11.1. The molecule has 1 N–H and O–H groups in total. The highest BCUT2D eigenvalue weighted by atomic mass is 16.4. The third-order valence-electron chi connectivity index (χ3n) is 3.37. The zero-order valence-corrected chi connectivity index (χ0v) is 11.3. The van der Waals surface area contributed by atoms with Crippen molar-refractivity contribution in [3.63, 3.8) is 0 Å². The van der Waals surface area contributed by atoms with Crippen LogP contribution in [0.5, 0.6) is 0 Å². The maximum absolute atomic E-state index is 11.1. The van der Waals surface area contributed by atoms with Crippen molar-refractivity contribution in [1.29, 1.82) is 0 Å². The number of unbranched alkanes of at least 4 members (excludes halogenated alkanes) is 2. The van der Waals surface area contributed by atoms with Gasteiger partial charge < -0.3 is 5.11 Å². The molecule has 0 spiro atoms. The molecule has 0 radical (unpaired) electrons. The van der Waals surface area contributed by atoms with Crippen LogP contribution in [-0.2, 0) is 11.2 Å². The molecule has 1 rings (SSSR count). The average molecular weight is 248 g/mol. The van der Waals surface area contributed by atoms with Crippen LogP contribution in [0.15, 0.2) is 30.3 Å². The Morgan fingerprint density at radius 1 is 1.11 bits per heavy atom. The van der Waals surface area contributed by atoms with E-state index in [2.05, 4.69) is 31.2 Å². The molecule has 1 aromatic rings. The molecular formula is C16H24O2. The lowest BCUT2D eigenvalue weighted by molar-refractivity contribution is -0.142. The summed E-state index contributed by atoms with van der Waals surface area (Å²) in [6.07, 6.45) is 6.90. The van der Waals surface area contributed by atoms with E-state index in [9.17, 15) is 4.79 Å². The number of carboxylic acid groups (broad SMARTS) is 1. The fourth-order valence-electron chi connectivity index (χ4n) is 2.21. The Kier molecular flexibility index (Phi) is 7.16. The van der Waals surface area contributed by atoms with Crippen LogP contribution in [0.25, 0.3) is 0 Å². The third kappa shape index (κ3) is 5.85. The summed E-state index contributed by atoms with van der Waals surface area (Å²) in [6.45, 7) is 2.11. The van der Waals surface area contributed by atoms with E-state index in [1.807, 2.05) is 6.07 Å². The molecule has 0 aliphatic carbocycles. The predicted octanol–water partition coefficient (Wildman–Crippen LogP) is 4.29. The fraction of sp³-hybridized carbons (Fsp3) is 0.562. The molecule has 0 bridgehead atoms. The van der Waals surface area contributed by atoms with Crippen molar-refractivity contribution in [3.05, 3.63) is 35.9 Å². The summed E-state index contributed by atoms with van der Waals surface area (Å²) in [7, 11) is 0. The van der Waals surface area contributed by atoms with Gasteiger partial charge in [-0.3, -0.25) is 4.79 Å². The fourth-order valence-corrected chi connectivity index (χ4v) is 2.21. The van der Waals surface area contributed by atoms with Crippen molar-refractivity contribution in [2.75, 3.05) is 0 Å². The van der Waals surface area contributed by atoms with Gasteiger partial charge >= 0.3 is 5.97 Å². The molecule has 0 saturated heterocycles. The molecule has 0 aromatic heterocycles. The van der Waals surface area contributed by atoms with Gasteiger partial charge in [-0.15, -0.1) is 0 Å². The zero-order valence-electron chi connectivity index (χ0n) is 11.3. The van der Waals surface area contributed by atoms with E-state index < -0.39 is 5.97 Å². The van der Waals surface area contributed by atoms with Gasteiger partial charge in [-0.1, -0.05) is 56.5 Å². The van der Waals surface area contributed by atoms with Crippen LogP contribution in [0, 0.1) is 5.92 Å². The number of carboxylic acids is 1. The Labute approximate surface area is 110 Å². The average Bonchev–Trinajstić information content (AvgIpc) is 2.38. The first-order chi connectivity index (χ1) is 8.74. The van der Waals surface area contributed by atoms with E-state index in [0.717, 1.165) is 44.9 Å². The summed E-state index contributed by atoms with van der Waals surface area (Å²) in [6, 6.07) is 10.4. The highest BCUT2D eigenvalue weighted by Gasteiger charge is 2.15. The summed E-state index contributed by atoms with van der Waals surface area (Å²) < 4.78 is 0. The Bertz CT molecular complexity index is 332. The summed E-state index contributed by atoms with van der Waals surface area (Å²) in [5.41, 5.74) is 1.35. The molecule has 0 aliphatic heterocycles. The van der Waals surface area contributed by atoms with E-state index >= 15 is 0 Å². The van der Waals surface area contributed by atoms with Crippen LogP contribution in [0.2, 0.25) is 0 Å². The molecule has 2 heteroatoms. The van der Waals surface area contributed by atoms with Gasteiger partial charge in [0.2, 0.25) is 0 Å². The van der Waals surface area contributed by atoms with E-state index in [1.165, 1.54) is 5.56 Å². The molecule has 0 amide bonds. The van der Waals surface area contributed by atoms with E-state index in [-0.39, 0.29) is 5.92 Å². The number of hydrogen-bond acceptors (Lipinski definition) is 1. The third-order valence-corrected chi connectivity index (χ3v) is 3.37. The molecule has 2 nitrogen and oxygen atoms in total. The van der Waals surface area contributed by atoms with Gasteiger partial charge in [-0.05, 0) is 31.2 Å². The largest absolute Gasteiger partial charge is 0.481 e. The van der Waals surface area contributed by atoms with Crippen molar-refractivity contribution in [1.82, 2.24) is 0 Å². The number of rotatable bonds is 9. The minimum atomic E-state index is -0.622. The van der Waals surface area contributed by atoms with Crippen LogP contribution in [-0.4, -0.2) is 11.1 Å². The molecule has 0 aliphatic rings. The zero-order chi connectivity index (χ0) is 13.2. The highest BCUT2D eigenvalue weighted by Crippen LogP contribution is 2.17. The monoisotopic (exact) mass is 248 g/mol. The molecule has 1 unspecified atom stereocenters. The first kappa shape index (κ1) is 14.7. The number of aliphatic carboxylic acids is 1. The Hall–Kier alpha value is -1.31. The van der Waals surface area contributed by atoms with E-state index in [0.29, 0.717) is 0 Å². The maximum Gasteiger partial charge on any atom is 0.306 e. The standard InChI is InChI=1S/C16H24O2/c1-2-3-12-15(16(17)18)13-8-7-11-14-9-5-4-6-10-14/h4-6,9-10,15H,2-3,7-8,11-13H2,1H3,(H,17,18). The van der Waals surface area contributed by atoms with Gasteiger partial charge in [-0.25, -0.2) is 0 Å². The molecule has 1 aromatic carbocycles. The highest BCUT2D eigenvalue weighted by molar-refractivity contribution is 5.69. The lowest BCUT2D eigenvalue weighted by atomic mass is 9.95. The van der Waals surface area contributed by atoms with Crippen molar-refractivity contribution in [2.45, 2.75) is 51.9 Å². The second kappa shape index (κ2) is 8.73. The number of carbonyl (C=O) groups is 1. The Balaban J connectivity index is 2.20. The molecule has 0 fully saturated rings. The van der Waals surface area contributed by atoms with Crippen molar-refractivity contribution in [3.8, 4) is 0 Å². The van der Waals surface area contributed by atoms with Crippen LogP contribution in [0.3, 0.4) is 0 Å². The van der Waals surface area contributed by atoms with Crippen LogP contribution in [0.4, 0.5) is 0 Å². The summed E-state index contributed by atoms with van der Waals surface area (Å²) >= 11 is 0. The number of aryl methyl sites for hydroxylation is 1. The molecule has 100 valence electrons. The summed E-state index contributed by atoms with van der Waals surface area (Å²) in [5.74, 6) is -0.760. The van der Waals surface area contributed by atoms with Crippen molar-refractivity contribution >= 4 is 5.97 Å². The molecule has 18 heavy (non-hydrogen) atoms. The Morgan fingerprint density at radius 2 is 1.78 bits per heavy atom. The SMILES string of the molecule is CCCCC(CCCCc1ccccc1)C(=O)O. The molecule has 1 atom stereocenters. The lowest BCUT2D eigenvalue weighted by Gasteiger charge is -2.11. The Morgan fingerprint density at radius 3 is 2.39 bits per heavy atom. The van der Waals surface area contributed by atoms with Gasteiger partial charge in [0.05, 0.1) is 5.92 Å². The molecule has 0 heterocycles. The first-order valence-corrected chi connectivity index (χ1v) is 7.00. The first-order valence-electron chi connectivity index (χ1n) is 7.00. The van der Waals surface area contributed by atoms with Gasteiger partial charge in [0.15, 0.2) is 0 Å². The lowest BCUT2D eigenvalue weighted by Crippen LogP contribution is -2.13. The second-order valence-electron chi connectivity index (χ2n) is 4.91. The normalized spacial score (nSPS) is 12.3. The second-order valence-corrected chi connectivity index (χ2v) is 4.91. The molecular weight excluding hydrogens is 224 g/mol. The topological polar surface area (TPSA) is 37.3 Å². The smallest absolute Gasteiger partial charge is 0.306 e. The van der Waals surface area contributed by atoms with Gasteiger partial charge in [-0.2, -0.15) is 0 Å².